The van der Waals surface area contributed by atoms with Crippen LogP contribution in [0.2, 0.25) is 10.0 Å². The average Bonchev–Trinajstić information content (AvgIpc) is 3.14. The van der Waals surface area contributed by atoms with Gasteiger partial charge in [0, 0.05) is 21.0 Å². The maximum atomic E-state index is 12.2. The van der Waals surface area contributed by atoms with Gasteiger partial charge in [0.15, 0.2) is 0 Å². The molecule has 0 bridgehead atoms. The minimum Gasteiger partial charge on any atom is -0.465 e. The van der Waals surface area contributed by atoms with E-state index in [0.29, 0.717) is 26.2 Å². The highest BCUT2D eigenvalue weighted by Crippen LogP contribution is 2.39. The Kier molecular flexibility index (Phi) is 5.47. The van der Waals surface area contributed by atoms with Crippen LogP contribution in [0, 0.1) is 0 Å². The highest BCUT2D eigenvalue weighted by molar-refractivity contribution is 7.17. The number of hydrogen-bond donors (Lipinski definition) is 1. The lowest BCUT2D eigenvalue weighted by atomic mass is 10.1. The summed E-state index contributed by atoms with van der Waals surface area (Å²) in [6.07, 6.45) is 5.76. The van der Waals surface area contributed by atoms with Crippen LogP contribution in [0.1, 0.15) is 32.8 Å². The fourth-order valence-corrected chi connectivity index (χ4v) is 4.52. The first-order chi connectivity index (χ1) is 12.0. The van der Waals surface area contributed by atoms with Crippen LogP contribution in [0.3, 0.4) is 0 Å². The molecular formula is C18H15Cl2NO3S. The molecule has 7 heteroatoms. The largest absolute Gasteiger partial charge is 0.465 e. The van der Waals surface area contributed by atoms with Crippen molar-refractivity contribution in [3.05, 3.63) is 55.9 Å². The molecule has 0 saturated carbocycles. The van der Waals surface area contributed by atoms with Gasteiger partial charge >= 0.3 is 5.97 Å². The summed E-state index contributed by atoms with van der Waals surface area (Å²) in [7, 11) is 1.34. The molecule has 0 atom stereocenters. The molecule has 1 aliphatic rings. The number of thiophene rings is 1. The van der Waals surface area contributed by atoms with Gasteiger partial charge in [0.1, 0.15) is 5.00 Å². The SMILES string of the molecule is COC(=O)c1c(NC(=O)/C=C\c2ccc(Cl)cc2Cl)sc2c1CCC2. The lowest BCUT2D eigenvalue weighted by molar-refractivity contribution is -0.111. The second-order valence-electron chi connectivity index (χ2n) is 5.54. The van der Waals surface area contributed by atoms with Gasteiger partial charge in [-0.3, -0.25) is 4.79 Å². The minimum atomic E-state index is -0.417. The Morgan fingerprint density at radius 2 is 2.08 bits per heavy atom. The topological polar surface area (TPSA) is 55.4 Å². The Balaban J connectivity index is 1.79. The molecule has 1 heterocycles. The highest BCUT2D eigenvalue weighted by atomic mass is 35.5. The van der Waals surface area contributed by atoms with Crippen LogP contribution < -0.4 is 5.32 Å². The first kappa shape index (κ1) is 18.0. The maximum Gasteiger partial charge on any atom is 0.341 e. The summed E-state index contributed by atoms with van der Waals surface area (Å²) in [4.78, 5) is 25.5. The van der Waals surface area contributed by atoms with E-state index in [0.717, 1.165) is 29.7 Å². The molecule has 0 saturated heterocycles. The summed E-state index contributed by atoms with van der Waals surface area (Å²) in [6, 6.07) is 5.04. The molecule has 1 amide bonds. The Morgan fingerprint density at radius 1 is 1.28 bits per heavy atom. The number of carbonyl (C=O) groups excluding carboxylic acids is 2. The molecule has 130 valence electrons. The minimum absolute atomic E-state index is 0.337. The molecule has 0 radical (unpaired) electrons. The summed E-state index contributed by atoms with van der Waals surface area (Å²) >= 11 is 13.4. The van der Waals surface area contributed by atoms with Crippen molar-refractivity contribution in [2.24, 2.45) is 0 Å². The Labute approximate surface area is 159 Å². The molecule has 1 aromatic carbocycles. The van der Waals surface area contributed by atoms with E-state index < -0.39 is 5.97 Å². The molecule has 0 unspecified atom stereocenters. The molecule has 3 rings (SSSR count). The van der Waals surface area contributed by atoms with Crippen LogP contribution >= 0.6 is 34.5 Å². The van der Waals surface area contributed by atoms with Crippen molar-refractivity contribution in [1.29, 1.82) is 0 Å². The number of halogens is 2. The Hall–Kier alpha value is -1.82. The van der Waals surface area contributed by atoms with E-state index in [2.05, 4.69) is 5.32 Å². The molecule has 2 aromatic rings. The molecule has 1 N–H and O–H groups in total. The molecule has 0 aliphatic heterocycles. The summed E-state index contributed by atoms with van der Waals surface area (Å²) in [5.74, 6) is -0.754. The van der Waals surface area contributed by atoms with Gasteiger partial charge in [-0.15, -0.1) is 11.3 Å². The van der Waals surface area contributed by atoms with Crippen LogP contribution in [0.25, 0.3) is 6.08 Å². The monoisotopic (exact) mass is 395 g/mol. The van der Waals surface area contributed by atoms with E-state index in [4.69, 9.17) is 27.9 Å². The van der Waals surface area contributed by atoms with E-state index in [1.54, 1.807) is 24.3 Å². The van der Waals surface area contributed by atoms with Gasteiger partial charge in [0.05, 0.1) is 12.7 Å². The number of nitrogens with one attached hydrogen (secondary N) is 1. The van der Waals surface area contributed by atoms with Crippen molar-refractivity contribution in [2.75, 3.05) is 12.4 Å². The predicted octanol–water partition coefficient (Wildman–Crippen LogP) is 4.98. The number of methoxy groups -OCH3 is 1. The van der Waals surface area contributed by atoms with Gasteiger partial charge in [-0.25, -0.2) is 4.79 Å². The van der Waals surface area contributed by atoms with Crippen LogP contribution in [0.4, 0.5) is 5.00 Å². The zero-order valence-corrected chi connectivity index (χ0v) is 15.7. The number of anilines is 1. The fraction of sp³-hybridized carbons (Fsp3) is 0.222. The van der Waals surface area contributed by atoms with E-state index in [1.165, 1.54) is 24.5 Å². The summed E-state index contributed by atoms with van der Waals surface area (Å²) in [5, 5.41) is 4.30. The maximum absolute atomic E-state index is 12.2. The second kappa shape index (κ2) is 7.60. The molecule has 1 aromatic heterocycles. The highest BCUT2D eigenvalue weighted by Gasteiger charge is 2.27. The van der Waals surface area contributed by atoms with Crippen molar-refractivity contribution in [3.63, 3.8) is 0 Å². The Bertz CT molecular complexity index is 873. The smallest absolute Gasteiger partial charge is 0.341 e. The normalized spacial score (nSPS) is 13.1. The van der Waals surface area contributed by atoms with Crippen LogP contribution in [-0.2, 0) is 22.4 Å². The van der Waals surface area contributed by atoms with Crippen molar-refractivity contribution in [1.82, 2.24) is 0 Å². The standard InChI is InChI=1S/C18H15Cl2NO3S/c1-24-18(23)16-12-3-2-4-14(12)25-17(16)21-15(22)8-6-10-5-7-11(19)9-13(10)20/h5-9H,2-4H2,1H3,(H,21,22)/b8-6-. The van der Waals surface area contributed by atoms with Crippen molar-refractivity contribution < 1.29 is 14.3 Å². The number of aryl methyl sites for hydroxylation is 1. The van der Waals surface area contributed by atoms with Gasteiger partial charge < -0.3 is 10.1 Å². The van der Waals surface area contributed by atoms with Crippen molar-refractivity contribution >= 4 is 57.5 Å². The zero-order valence-electron chi connectivity index (χ0n) is 13.4. The van der Waals surface area contributed by atoms with Crippen molar-refractivity contribution in [2.45, 2.75) is 19.3 Å². The number of rotatable bonds is 4. The van der Waals surface area contributed by atoms with Crippen LogP contribution in [-0.4, -0.2) is 19.0 Å². The first-order valence-electron chi connectivity index (χ1n) is 7.66. The van der Waals surface area contributed by atoms with Crippen LogP contribution in [0.15, 0.2) is 24.3 Å². The van der Waals surface area contributed by atoms with Gasteiger partial charge in [0.25, 0.3) is 0 Å². The van der Waals surface area contributed by atoms with E-state index in [1.807, 2.05) is 0 Å². The summed E-state index contributed by atoms with van der Waals surface area (Å²) < 4.78 is 4.87. The third-order valence-corrected chi connectivity index (χ3v) is 5.69. The number of hydrogen-bond acceptors (Lipinski definition) is 4. The molecule has 0 fully saturated rings. The number of carbonyl (C=O) groups is 2. The van der Waals surface area contributed by atoms with E-state index in [9.17, 15) is 9.59 Å². The van der Waals surface area contributed by atoms with Gasteiger partial charge in [-0.1, -0.05) is 29.3 Å². The summed E-state index contributed by atoms with van der Waals surface area (Å²) in [6.45, 7) is 0. The van der Waals surface area contributed by atoms with Crippen molar-refractivity contribution in [3.8, 4) is 0 Å². The third-order valence-electron chi connectivity index (χ3n) is 3.92. The molecule has 4 nitrogen and oxygen atoms in total. The number of ether oxygens (including phenoxy) is 1. The van der Waals surface area contributed by atoms with Gasteiger partial charge in [0.2, 0.25) is 5.91 Å². The molecule has 0 spiro atoms. The number of fused-ring (bicyclic) bond motifs is 1. The van der Waals surface area contributed by atoms with Gasteiger partial charge in [-0.05, 0) is 48.6 Å². The predicted molar refractivity (Wildman–Crippen MR) is 102 cm³/mol. The fourth-order valence-electron chi connectivity index (χ4n) is 2.77. The summed E-state index contributed by atoms with van der Waals surface area (Å²) in [5.41, 5.74) is 2.16. The van der Waals surface area contributed by atoms with Crippen LogP contribution in [0.5, 0.6) is 0 Å². The molecular weight excluding hydrogens is 381 g/mol. The zero-order chi connectivity index (χ0) is 18.0. The molecule has 1 aliphatic carbocycles. The first-order valence-corrected chi connectivity index (χ1v) is 9.24. The van der Waals surface area contributed by atoms with E-state index >= 15 is 0 Å². The van der Waals surface area contributed by atoms with Gasteiger partial charge in [-0.2, -0.15) is 0 Å². The molecule has 25 heavy (non-hydrogen) atoms. The average molecular weight is 396 g/mol. The number of benzene rings is 1. The Morgan fingerprint density at radius 3 is 2.80 bits per heavy atom. The third kappa shape index (κ3) is 3.89. The number of esters is 1. The quantitative estimate of drug-likeness (QED) is 0.586. The lowest BCUT2D eigenvalue weighted by Crippen LogP contribution is -2.12. The number of amides is 1. The second-order valence-corrected chi connectivity index (χ2v) is 7.49. The van der Waals surface area contributed by atoms with E-state index in [-0.39, 0.29) is 5.91 Å². The lowest BCUT2D eigenvalue weighted by Gasteiger charge is -2.05.